The molecule has 1 amide bonds. The van der Waals surface area contributed by atoms with Crippen molar-refractivity contribution < 1.29 is 24.8 Å². The standard InChI is InChI=1S/C27H37N3O5/c1-24(2)13-18(31)21-19(35-5)10-9-17-22(21)29(24)23(32)27(17)14-26(30(33)34)15-28-11-7-6-8-16(28)12-20(26)25(27,3)4/h9-10,16,20,30,33H,6-8,11-15H2,1-5H3. The summed E-state index contributed by atoms with van der Waals surface area (Å²) < 4.78 is 5.58. The third-order valence-electron chi connectivity index (χ3n) is 10.5. The van der Waals surface area contributed by atoms with Crippen LogP contribution in [0.15, 0.2) is 12.1 Å². The first-order valence-electron chi connectivity index (χ1n) is 13.0. The lowest BCUT2D eigenvalue weighted by atomic mass is 9.60. The van der Waals surface area contributed by atoms with Crippen LogP contribution in [0.2, 0.25) is 0 Å². The first-order chi connectivity index (χ1) is 16.4. The Bertz CT molecular complexity index is 1130. The van der Waals surface area contributed by atoms with E-state index in [4.69, 9.17) is 4.74 Å². The maximum Gasteiger partial charge on any atom is 0.239 e. The number of carbonyl (C=O) groups is 2. The van der Waals surface area contributed by atoms with Crippen molar-refractivity contribution in [3.8, 4) is 5.75 Å². The highest BCUT2D eigenvalue weighted by Crippen LogP contribution is 2.69. The number of nitrogens with one attached hydrogen (secondary N) is 1. The Morgan fingerprint density at radius 2 is 1.91 bits per heavy atom. The van der Waals surface area contributed by atoms with Crippen molar-refractivity contribution in [3.63, 3.8) is 0 Å². The highest BCUT2D eigenvalue weighted by molar-refractivity contribution is 6.19. The van der Waals surface area contributed by atoms with Crippen LogP contribution in [0.5, 0.6) is 5.75 Å². The van der Waals surface area contributed by atoms with Crippen LogP contribution in [0.3, 0.4) is 0 Å². The second-order valence-electron chi connectivity index (χ2n) is 12.8. The first-order valence-corrected chi connectivity index (χ1v) is 13.0. The number of ketones is 1. The Morgan fingerprint density at radius 3 is 2.60 bits per heavy atom. The minimum Gasteiger partial charge on any atom is -0.600 e. The smallest absolute Gasteiger partial charge is 0.239 e. The highest BCUT2D eigenvalue weighted by atomic mass is 16.8. The van der Waals surface area contributed by atoms with E-state index in [0.717, 1.165) is 31.4 Å². The van der Waals surface area contributed by atoms with Crippen LogP contribution in [0.25, 0.3) is 0 Å². The number of methoxy groups -OCH3 is 1. The minimum absolute atomic E-state index is 0.0249. The second-order valence-corrected chi connectivity index (χ2v) is 12.8. The molecule has 2 saturated heterocycles. The Hall–Kier alpha value is -2.00. The van der Waals surface area contributed by atoms with Crippen LogP contribution in [0, 0.1) is 16.5 Å². The van der Waals surface area contributed by atoms with E-state index >= 15 is 0 Å². The van der Waals surface area contributed by atoms with Crippen molar-refractivity contribution in [2.45, 2.75) is 88.8 Å². The van der Waals surface area contributed by atoms with E-state index in [-0.39, 0.29) is 30.4 Å². The Kier molecular flexibility index (Phi) is 4.72. The van der Waals surface area contributed by atoms with Crippen LogP contribution in [-0.4, -0.2) is 59.1 Å². The van der Waals surface area contributed by atoms with Gasteiger partial charge in [-0.05, 0) is 56.7 Å². The number of Topliss-reactive ketones (excluding diaryl/α,β-unsaturated/α-hetero) is 1. The second kappa shape index (κ2) is 7.06. The van der Waals surface area contributed by atoms with Crippen LogP contribution in [0.4, 0.5) is 5.69 Å². The van der Waals surface area contributed by atoms with Gasteiger partial charge >= 0.3 is 0 Å². The quantitative estimate of drug-likeness (QED) is 0.628. The van der Waals surface area contributed by atoms with Gasteiger partial charge in [0, 0.05) is 30.3 Å². The summed E-state index contributed by atoms with van der Waals surface area (Å²) in [5.74, 6) is 0.284. The Balaban J connectivity index is 1.61. The van der Waals surface area contributed by atoms with E-state index in [2.05, 4.69) is 18.7 Å². The minimum atomic E-state index is -0.997. The molecule has 1 aromatic rings. The van der Waals surface area contributed by atoms with Gasteiger partial charge in [0.1, 0.15) is 11.3 Å². The molecule has 4 heterocycles. The molecule has 5 atom stereocenters. The topological polar surface area (TPSA) is 97.6 Å². The number of amides is 1. The number of carbonyl (C=O) groups excluding carboxylic acids is 2. The summed E-state index contributed by atoms with van der Waals surface area (Å²) in [4.78, 5) is 32.3. The van der Waals surface area contributed by atoms with Crippen LogP contribution in [0.1, 0.15) is 82.1 Å². The van der Waals surface area contributed by atoms with Gasteiger partial charge in [-0.25, -0.2) is 10.4 Å². The van der Waals surface area contributed by atoms with Crippen molar-refractivity contribution in [3.05, 3.63) is 28.5 Å². The number of hydrogen-bond donors (Lipinski definition) is 2. The molecule has 1 spiro atoms. The number of fused-ring (bicyclic) bond motifs is 3. The van der Waals surface area contributed by atoms with E-state index < -0.39 is 27.1 Å². The fourth-order valence-corrected chi connectivity index (χ4v) is 8.89. The molecule has 1 aromatic carbocycles. The molecule has 4 aliphatic heterocycles. The molecule has 8 nitrogen and oxygen atoms in total. The molecule has 2 N–H and O–H groups in total. The number of ether oxygens (including phenoxy) is 1. The predicted molar refractivity (Wildman–Crippen MR) is 130 cm³/mol. The van der Waals surface area contributed by atoms with E-state index in [1.807, 2.05) is 24.8 Å². The summed E-state index contributed by atoms with van der Waals surface area (Å²) in [6, 6.07) is 4.12. The number of hydroxylamine groups is 2. The molecular weight excluding hydrogens is 446 g/mol. The lowest BCUT2D eigenvalue weighted by molar-refractivity contribution is -1.09. The van der Waals surface area contributed by atoms with Gasteiger partial charge in [0.25, 0.3) is 0 Å². The van der Waals surface area contributed by atoms with Gasteiger partial charge in [-0.2, -0.15) is 0 Å². The van der Waals surface area contributed by atoms with Crippen molar-refractivity contribution in [2.24, 2.45) is 11.3 Å². The largest absolute Gasteiger partial charge is 0.600 e. The third kappa shape index (κ3) is 2.61. The lowest BCUT2D eigenvalue weighted by Gasteiger charge is -2.53. The monoisotopic (exact) mass is 483 g/mol. The van der Waals surface area contributed by atoms with E-state index in [9.17, 15) is 20.0 Å². The molecule has 5 unspecified atom stereocenters. The van der Waals surface area contributed by atoms with Gasteiger partial charge in [0.05, 0.1) is 30.3 Å². The van der Waals surface area contributed by atoms with Crippen molar-refractivity contribution in [1.82, 2.24) is 4.90 Å². The number of hydrogen-bond acceptors (Lipinski definition) is 6. The number of anilines is 1. The summed E-state index contributed by atoms with van der Waals surface area (Å²) in [5, 5.41) is 23.2. The zero-order valence-corrected chi connectivity index (χ0v) is 21.4. The van der Waals surface area contributed by atoms with E-state index in [1.165, 1.54) is 6.42 Å². The van der Waals surface area contributed by atoms with E-state index in [0.29, 0.717) is 29.6 Å². The van der Waals surface area contributed by atoms with Gasteiger partial charge in [-0.15, -0.1) is 0 Å². The predicted octanol–water partition coefficient (Wildman–Crippen LogP) is 2.46. The third-order valence-corrected chi connectivity index (χ3v) is 10.5. The summed E-state index contributed by atoms with van der Waals surface area (Å²) in [6.45, 7) is 9.54. The van der Waals surface area contributed by atoms with Gasteiger partial charge in [-0.3, -0.25) is 14.5 Å². The maximum absolute atomic E-state index is 14.7. The fourth-order valence-electron chi connectivity index (χ4n) is 8.89. The zero-order valence-electron chi connectivity index (χ0n) is 21.4. The number of piperidine rings is 2. The summed E-state index contributed by atoms with van der Waals surface area (Å²) in [5.41, 5.74) is -1.33. The highest BCUT2D eigenvalue weighted by Gasteiger charge is 2.77. The normalized spacial score (nSPS) is 37.7. The van der Waals surface area contributed by atoms with Crippen LogP contribution >= 0.6 is 0 Å². The fraction of sp³-hybridized carbons (Fsp3) is 0.704. The van der Waals surface area contributed by atoms with Crippen molar-refractivity contribution >= 4 is 17.4 Å². The molecule has 3 fully saturated rings. The van der Waals surface area contributed by atoms with Crippen molar-refractivity contribution in [2.75, 3.05) is 25.1 Å². The Labute approximate surface area is 206 Å². The molecule has 1 aliphatic carbocycles. The van der Waals surface area contributed by atoms with Gasteiger partial charge < -0.3 is 14.8 Å². The molecule has 35 heavy (non-hydrogen) atoms. The van der Waals surface area contributed by atoms with Gasteiger partial charge in [0.15, 0.2) is 5.78 Å². The summed E-state index contributed by atoms with van der Waals surface area (Å²) in [7, 11) is 1.55. The van der Waals surface area contributed by atoms with Crippen molar-refractivity contribution in [1.29, 1.82) is 0 Å². The molecule has 8 heteroatoms. The van der Waals surface area contributed by atoms with Crippen LogP contribution < -0.4 is 14.9 Å². The molecule has 1 saturated carbocycles. The van der Waals surface area contributed by atoms with E-state index in [1.54, 1.807) is 13.2 Å². The molecule has 190 valence electrons. The number of nitrogens with zero attached hydrogens (tertiary/aromatic N) is 2. The molecule has 5 aliphatic rings. The molecule has 0 radical (unpaired) electrons. The molecule has 6 rings (SSSR count). The summed E-state index contributed by atoms with van der Waals surface area (Å²) in [6.07, 6.45) is 4.65. The molecular formula is C27H37N3O5. The van der Waals surface area contributed by atoms with Gasteiger partial charge in [0.2, 0.25) is 5.91 Å². The lowest BCUT2D eigenvalue weighted by Crippen LogP contribution is -3.16. The Morgan fingerprint density at radius 1 is 1.17 bits per heavy atom. The number of benzene rings is 1. The van der Waals surface area contributed by atoms with Crippen LogP contribution in [-0.2, 0) is 10.2 Å². The van der Waals surface area contributed by atoms with Gasteiger partial charge in [-0.1, -0.05) is 26.3 Å². The maximum atomic E-state index is 14.7. The number of rotatable bonds is 2. The average Bonchev–Trinajstić information content (AvgIpc) is 3.17. The first kappa shape index (κ1) is 23.4. The molecule has 0 bridgehead atoms. The SMILES string of the molecule is COc1ccc2c3c1C(=O)CC(C)(C)N3C(=O)C21CC2([NH+]([O-])O)CN3CCCCC3CC2C1(C)C. The zero-order chi connectivity index (χ0) is 25.1. The number of quaternary nitrogens is 1. The average molecular weight is 484 g/mol. The summed E-state index contributed by atoms with van der Waals surface area (Å²) >= 11 is 0. The molecule has 0 aromatic heterocycles.